The monoisotopic (exact) mass is 317 g/mol. The van der Waals surface area contributed by atoms with Gasteiger partial charge >= 0.3 is 0 Å². The van der Waals surface area contributed by atoms with Gasteiger partial charge in [-0.15, -0.1) is 0 Å². The van der Waals surface area contributed by atoms with Gasteiger partial charge in [0.15, 0.2) is 4.77 Å². The van der Waals surface area contributed by atoms with Crippen LogP contribution in [-0.2, 0) is 0 Å². The molecule has 0 aliphatic rings. The van der Waals surface area contributed by atoms with Gasteiger partial charge in [-0.25, -0.2) is 0 Å². The highest BCUT2D eigenvalue weighted by molar-refractivity contribution is 7.71. The van der Waals surface area contributed by atoms with Crippen molar-refractivity contribution in [2.24, 2.45) is 5.41 Å². The van der Waals surface area contributed by atoms with Gasteiger partial charge in [0, 0.05) is 36.7 Å². The Labute approximate surface area is 136 Å². The molecule has 2 rings (SSSR count). The van der Waals surface area contributed by atoms with E-state index in [-0.39, 0.29) is 17.4 Å². The Morgan fingerprint density at radius 2 is 1.86 bits per heavy atom. The van der Waals surface area contributed by atoms with Gasteiger partial charge in [-0.1, -0.05) is 20.8 Å². The topological polar surface area (TPSA) is 41.0 Å². The van der Waals surface area contributed by atoms with Crippen LogP contribution in [-0.4, -0.2) is 33.4 Å². The van der Waals surface area contributed by atoms with Crippen LogP contribution in [0.4, 0.5) is 0 Å². The number of carbonyl (C=O) groups is 1. The van der Waals surface area contributed by atoms with Crippen molar-refractivity contribution < 1.29 is 4.79 Å². The van der Waals surface area contributed by atoms with Gasteiger partial charge in [-0.3, -0.25) is 9.36 Å². The summed E-state index contributed by atoms with van der Waals surface area (Å²) in [6.45, 7) is 8.49. The van der Waals surface area contributed by atoms with Gasteiger partial charge < -0.3 is 9.88 Å². The zero-order chi connectivity index (χ0) is 16.5. The molecule has 0 fully saturated rings. The number of rotatable bonds is 3. The summed E-state index contributed by atoms with van der Waals surface area (Å²) in [5.74, 6) is 0.0339. The van der Waals surface area contributed by atoms with Crippen molar-refractivity contribution in [3.05, 3.63) is 47.0 Å². The van der Waals surface area contributed by atoms with Gasteiger partial charge in [0.05, 0.1) is 0 Å². The fourth-order valence-electron chi connectivity index (χ4n) is 2.25. The summed E-state index contributed by atoms with van der Waals surface area (Å²) in [5.41, 5.74) is 1.67. The molecule has 0 radical (unpaired) electrons. The summed E-state index contributed by atoms with van der Waals surface area (Å²) in [6.07, 6.45) is 3.66. The normalized spacial score (nSPS) is 13.0. The molecule has 2 aromatic rings. The lowest BCUT2D eigenvalue weighted by Gasteiger charge is -2.35. The number of aromatic amines is 1. The number of imidazole rings is 1. The SMILES string of the molecule is C[C@H](N(C)C(=O)c1ccc(-n2cc[nH]c2=S)cc1)C(C)(C)C. The van der Waals surface area contributed by atoms with Crippen LogP contribution in [0, 0.1) is 10.2 Å². The maximum absolute atomic E-state index is 12.6. The number of nitrogens with zero attached hydrogens (tertiary/aromatic N) is 2. The molecule has 1 atom stereocenters. The number of benzene rings is 1. The highest BCUT2D eigenvalue weighted by Gasteiger charge is 2.27. The van der Waals surface area contributed by atoms with E-state index < -0.39 is 0 Å². The Kier molecular flexibility index (Phi) is 4.56. The average Bonchev–Trinajstić information content (AvgIpc) is 2.90. The molecule has 0 unspecified atom stereocenters. The van der Waals surface area contributed by atoms with E-state index in [0.29, 0.717) is 10.3 Å². The van der Waals surface area contributed by atoms with Crippen LogP contribution >= 0.6 is 12.2 Å². The maximum atomic E-state index is 12.6. The quantitative estimate of drug-likeness (QED) is 0.868. The van der Waals surface area contributed by atoms with Crippen LogP contribution in [0.3, 0.4) is 0 Å². The summed E-state index contributed by atoms with van der Waals surface area (Å²) < 4.78 is 2.50. The van der Waals surface area contributed by atoms with E-state index in [0.717, 1.165) is 5.69 Å². The first kappa shape index (κ1) is 16.5. The van der Waals surface area contributed by atoms with E-state index in [1.807, 2.05) is 42.1 Å². The Hall–Kier alpha value is -1.88. The fraction of sp³-hybridized carbons (Fsp3) is 0.412. The third-order valence-corrected chi connectivity index (χ3v) is 4.51. The van der Waals surface area contributed by atoms with E-state index in [1.165, 1.54) is 0 Å². The van der Waals surface area contributed by atoms with Crippen molar-refractivity contribution in [1.29, 1.82) is 0 Å². The Bertz CT molecular complexity index is 706. The molecule has 1 aromatic heterocycles. The second-order valence-corrected chi connectivity index (χ2v) is 7.03. The van der Waals surface area contributed by atoms with Gasteiger partial charge in [0.1, 0.15) is 0 Å². The van der Waals surface area contributed by atoms with E-state index in [1.54, 1.807) is 11.1 Å². The van der Waals surface area contributed by atoms with Crippen molar-refractivity contribution in [3.8, 4) is 5.69 Å². The lowest BCUT2D eigenvalue weighted by Crippen LogP contribution is -2.42. The first-order chi connectivity index (χ1) is 10.2. The highest BCUT2D eigenvalue weighted by Crippen LogP contribution is 2.24. The molecule has 118 valence electrons. The first-order valence-electron chi connectivity index (χ1n) is 7.35. The summed E-state index contributed by atoms with van der Waals surface area (Å²) >= 11 is 5.20. The zero-order valence-corrected chi connectivity index (χ0v) is 14.6. The van der Waals surface area contributed by atoms with Gasteiger partial charge in [0.2, 0.25) is 0 Å². The number of hydrogen-bond donors (Lipinski definition) is 1. The predicted octanol–water partition coefficient (Wildman–Crippen LogP) is 4.04. The summed E-state index contributed by atoms with van der Waals surface area (Å²) in [4.78, 5) is 17.3. The molecule has 4 nitrogen and oxygen atoms in total. The molecule has 1 heterocycles. The maximum Gasteiger partial charge on any atom is 0.253 e. The molecule has 5 heteroatoms. The predicted molar refractivity (Wildman–Crippen MR) is 92.0 cm³/mol. The minimum atomic E-state index is 0.0339. The van der Waals surface area contributed by atoms with E-state index >= 15 is 0 Å². The number of nitrogens with one attached hydrogen (secondary N) is 1. The Morgan fingerprint density at radius 1 is 1.27 bits per heavy atom. The number of aromatic nitrogens is 2. The van der Waals surface area contributed by atoms with Gasteiger partial charge in [0.25, 0.3) is 5.91 Å². The lowest BCUT2D eigenvalue weighted by molar-refractivity contribution is 0.0629. The molecule has 1 amide bonds. The van der Waals surface area contributed by atoms with Crippen molar-refractivity contribution >= 4 is 18.1 Å². The van der Waals surface area contributed by atoms with Crippen LogP contribution in [0.5, 0.6) is 0 Å². The first-order valence-corrected chi connectivity index (χ1v) is 7.76. The average molecular weight is 317 g/mol. The second kappa shape index (κ2) is 6.08. The van der Waals surface area contributed by atoms with Crippen molar-refractivity contribution in [2.75, 3.05) is 7.05 Å². The Balaban J connectivity index is 2.22. The van der Waals surface area contributed by atoms with Crippen LogP contribution in [0.2, 0.25) is 0 Å². The van der Waals surface area contributed by atoms with Crippen LogP contribution in [0.15, 0.2) is 36.7 Å². The molecule has 0 aliphatic heterocycles. The summed E-state index contributed by atoms with van der Waals surface area (Å²) in [5, 5.41) is 0. The van der Waals surface area contributed by atoms with Crippen molar-refractivity contribution in [2.45, 2.75) is 33.7 Å². The molecular formula is C17H23N3OS. The zero-order valence-electron chi connectivity index (χ0n) is 13.8. The minimum absolute atomic E-state index is 0.0339. The standard InChI is InChI=1S/C17H23N3OS/c1-12(17(2,3)4)19(5)15(21)13-6-8-14(9-7-13)20-11-10-18-16(20)22/h6-12H,1-5H3,(H,18,22)/t12-/m0/s1. The molecular weight excluding hydrogens is 294 g/mol. The highest BCUT2D eigenvalue weighted by atomic mass is 32.1. The minimum Gasteiger partial charge on any atom is -0.338 e. The third-order valence-electron chi connectivity index (χ3n) is 4.20. The van der Waals surface area contributed by atoms with Crippen molar-refractivity contribution in [3.63, 3.8) is 0 Å². The van der Waals surface area contributed by atoms with Crippen LogP contribution < -0.4 is 0 Å². The molecule has 0 bridgehead atoms. The molecule has 0 aliphatic carbocycles. The molecule has 1 aromatic carbocycles. The van der Waals surface area contributed by atoms with Gasteiger partial charge in [-0.05, 0) is 48.8 Å². The number of amides is 1. The van der Waals surface area contributed by atoms with Gasteiger partial charge in [-0.2, -0.15) is 0 Å². The second-order valence-electron chi connectivity index (χ2n) is 6.64. The Morgan fingerprint density at radius 3 is 2.32 bits per heavy atom. The van der Waals surface area contributed by atoms with Crippen molar-refractivity contribution in [1.82, 2.24) is 14.5 Å². The third kappa shape index (κ3) is 3.30. The largest absolute Gasteiger partial charge is 0.338 e. The number of carbonyl (C=O) groups excluding carboxylic acids is 1. The summed E-state index contributed by atoms with van der Waals surface area (Å²) in [7, 11) is 1.86. The van der Waals surface area contributed by atoms with E-state index in [9.17, 15) is 4.79 Å². The molecule has 0 saturated heterocycles. The van der Waals surface area contributed by atoms with E-state index in [4.69, 9.17) is 12.2 Å². The fourth-order valence-corrected chi connectivity index (χ4v) is 2.48. The van der Waals surface area contributed by atoms with E-state index in [2.05, 4.69) is 32.7 Å². The lowest BCUT2D eigenvalue weighted by atomic mass is 9.87. The number of H-pyrrole nitrogens is 1. The molecule has 0 saturated carbocycles. The summed E-state index contributed by atoms with van der Waals surface area (Å²) in [6, 6.07) is 7.66. The van der Waals surface area contributed by atoms with Crippen LogP contribution in [0.25, 0.3) is 5.69 Å². The molecule has 22 heavy (non-hydrogen) atoms. The smallest absolute Gasteiger partial charge is 0.253 e. The van der Waals surface area contributed by atoms with Crippen LogP contribution in [0.1, 0.15) is 38.1 Å². The number of hydrogen-bond acceptors (Lipinski definition) is 2. The molecule has 1 N–H and O–H groups in total. The molecule has 0 spiro atoms.